The fourth-order valence-electron chi connectivity index (χ4n) is 2.16. The van der Waals surface area contributed by atoms with Gasteiger partial charge in [-0.05, 0) is 54.8 Å². The van der Waals surface area contributed by atoms with E-state index in [4.69, 9.17) is 9.47 Å². The Morgan fingerprint density at radius 2 is 1.92 bits per heavy atom. The number of methoxy groups -OCH3 is 1. The fraction of sp³-hybridized carbons (Fsp3) is 0.250. The molecule has 0 aromatic heterocycles. The average molecular weight is 325 g/mol. The van der Waals surface area contributed by atoms with Crippen LogP contribution in [0, 0.1) is 6.92 Å². The molecular weight excluding hydrogens is 302 g/mol. The van der Waals surface area contributed by atoms with E-state index >= 15 is 0 Å². The normalized spacial score (nSPS) is 10.6. The molecule has 1 amide bonds. The predicted molar refractivity (Wildman–Crippen MR) is 97.6 cm³/mol. The molecular formula is C20H23NO3. The van der Waals surface area contributed by atoms with Crippen LogP contribution in [0.3, 0.4) is 0 Å². The second-order valence-corrected chi connectivity index (χ2v) is 5.44. The number of carbonyl (C=O) groups excluding carboxylic acids is 1. The third-order valence-electron chi connectivity index (χ3n) is 3.39. The van der Waals surface area contributed by atoms with Gasteiger partial charge in [0.2, 0.25) is 5.91 Å². The Morgan fingerprint density at radius 3 is 2.58 bits per heavy atom. The van der Waals surface area contributed by atoms with Crippen LogP contribution in [0.4, 0.5) is 5.69 Å². The van der Waals surface area contributed by atoms with Crippen molar-refractivity contribution < 1.29 is 14.3 Å². The molecule has 0 bridgehead atoms. The molecule has 126 valence electrons. The summed E-state index contributed by atoms with van der Waals surface area (Å²) in [5.41, 5.74) is 2.65. The molecule has 0 radical (unpaired) electrons. The SMILES string of the molecule is CCCOc1ccc(/C=C/C(=O)Nc2cc(C)ccc2OC)cc1. The lowest BCUT2D eigenvalue weighted by molar-refractivity contribution is -0.111. The van der Waals surface area contributed by atoms with Crippen LogP contribution in [0.5, 0.6) is 11.5 Å². The zero-order valence-corrected chi connectivity index (χ0v) is 14.3. The van der Waals surface area contributed by atoms with Crippen LogP contribution in [0.1, 0.15) is 24.5 Å². The summed E-state index contributed by atoms with van der Waals surface area (Å²) in [7, 11) is 1.58. The van der Waals surface area contributed by atoms with Gasteiger partial charge >= 0.3 is 0 Å². The zero-order chi connectivity index (χ0) is 17.4. The van der Waals surface area contributed by atoms with Crippen molar-refractivity contribution in [3.05, 3.63) is 59.7 Å². The molecule has 0 aliphatic heterocycles. The second-order valence-electron chi connectivity index (χ2n) is 5.44. The summed E-state index contributed by atoms with van der Waals surface area (Å²) in [4.78, 5) is 12.1. The van der Waals surface area contributed by atoms with Gasteiger partial charge in [-0.2, -0.15) is 0 Å². The highest BCUT2D eigenvalue weighted by Gasteiger charge is 2.05. The maximum Gasteiger partial charge on any atom is 0.248 e. The van der Waals surface area contributed by atoms with Gasteiger partial charge in [-0.1, -0.05) is 25.1 Å². The van der Waals surface area contributed by atoms with Gasteiger partial charge in [-0.25, -0.2) is 0 Å². The molecule has 0 unspecified atom stereocenters. The number of amides is 1. The standard InChI is InChI=1S/C20H23NO3/c1-4-13-24-17-9-6-16(7-10-17)8-12-20(22)21-18-14-15(2)5-11-19(18)23-3/h5-12,14H,4,13H2,1-3H3,(H,21,22)/b12-8+. The van der Waals surface area contributed by atoms with E-state index in [1.165, 1.54) is 6.08 Å². The number of aryl methyl sites for hydroxylation is 1. The lowest BCUT2D eigenvalue weighted by atomic mass is 10.2. The molecule has 2 aromatic carbocycles. The van der Waals surface area contributed by atoms with Gasteiger partial charge in [0.15, 0.2) is 0 Å². The smallest absolute Gasteiger partial charge is 0.248 e. The Hall–Kier alpha value is -2.75. The van der Waals surface area contributed by atoms with Crippen LogP contribution in [0.25, 0.3) is 6.08 Å². The van der Waals surface area contributed by atoms with Crippen molar-refractivity contribution in [3.63, 3.8) is 0 Å². The number of hydrogen-bond donors (Lipinski definition) is 1. The minimum atomic E-state index is -0.204. The van der Waals surface area contributed by atoms with Gasteiger partial charge in [-0.3, -0.25) is 4.79 Å². The molecule has 0 fully saturated rings. The second kappa shape index (κ2) is 8.77. The van der Waals surface area contributed by atoms with Crippen molar-refractivity contribution in [1.82, 2.24) is 0 Å². The number of hydrogen-bond acceptors (Lipinski definition) is 3. The van der Waals surface area contributed by atoms with Crippen LogP contribution in [0.2, 0.25) is 0 Å². The molecule has 0 aliphatic rings. The molecule has 2 rings (SSSR count). The van der Waals surface area contributed by atoms with Crippen LogP contribution >= 0.6 is 0 Å². The van der Waals surface area contributed by atoms with E-state index in [-0.39, 0.29) is 5.91 Å². The number of ether oxygens (including phenoxy) is 2. The summed E-state index contributed by atoms with van der Waals surface area (Å²) in [5.74, 6) is 1.27. The van der Waals surface area contributed by atoms with E-state index in [0.717, 1.165) is 23.3 Å². The number of benzene rings is 2. The Balaban J connectivity index is 1.99. The first kappa shape index (κ1) is 17.6. The summed E-state index contributed by atoms with van der Waals surface area (Å²) in [6.45, 7) is 4.74. The number of anilines is 1. The first-order valence-corrected chi connectivity index (χ1v) is 7.99. The molecule has 0 aliphatic carbocycles. The van der Waals surface area contributed by atoms with Gasteiger partial charge in [-0.15, -0.1) is 0 Å². The van der Waals surface area contributed by atoms with Crippen molar-refractivity contribution in [1.29, 1.82) is 0 Å². The highest BCUT2D eigenvalue weighted by Crippen LogP contribution is 2.25. The fourth-order valence-corrected chi connectivity index (χ4v) is 2.16. The van der Waals surface area contributed by atoms with E-state index in [0.29, 0.717) is 18.0 Å². The molecule has 0 heterocycles. The lowest BCUT2D eigenvalue weighted by Crippen LogP contribution is -2.09. The quantitative estimate of drug-likeness (QED) is 0.765. The Morgan fingerprint density at radius 1 is 1.17 bits per heavy atom. The van der Waals surface area contributed by atoms with Crippen molar-refractivity contribution in [2.45, 2.75) is 20.3 Å². The maximum absolute atomic E-state index is 12.1. The highest BCUT2D eigenvalue weighted by molar-refractivity contribution is 6.02. The number of nitrogens with one attached hydrogen (secondary N) is 1. The van der Waals surface area contributed by atoms with E-state index in [1.807, 2.05) is 49.4 Å². The zero-order valence-electron chi connectivity index (χ0n) is 14.3. The lowest BCUT2D eigenvalue weighted by Gasteiger charge is -2.09. The minimum Gasteiger partial charge on any atom is -0.495 e. The first-order valence-electron chi connectivity index (χ1n) is 7.99. The topological polar surface area (TPSA) is 47.6 Å². The molecule has 0 spiro atoms. The van der Waals surface area contributed by atoms with Crippen LogP contribution < -0.4 is 14.8 Å². The average Bonchev–Trinajstić information content (AvgIpc) is 2.59. The summed E-state index contributed by atoms with van der Waals surface area (Å²) < 4.78 is 10.8. The number of carbonyl (C=O) groups is 1. The van der Waals surface area contributed by atoms with E-state index in [9.17, 15) is 4.79 Å². The van der Waals surface area contributed by atoms with E-state index < -0.39 is 0 Å². The monoisotopic (exact) mass is 325 g/mol. The number of rotatable bonds is 7. The van der Waals surface area contributed by atoms with Gasteiger partial charge < -0.3 is 14.8 Å². The third kappa shape index (κ3) is 5.16. The maximum atomic E-state index is 12.1. The summed E-state index contributed by atoms with van der Waals surface area (Å²) in [5, 5.41) is 2.84. The highest BCUT2D eigenvalue weighted by atomic mass is 16.5. The Bertz CT molecular complexity index is 705. The molecule has 24 heavy (non-hydrogen) atoms. The molecule has 4 heteroatoms. The predicted octanol–water partition coefficient (Wildman–Crippen LogP) is 4.44. The molecule has 0 saturated carbocycles. The summed E-state index contributed by atoms with van der Waals surface area (Å²) in [6.07, 6.45) is 4.25. The molecule has 0 atom stereocenters. The van der Waals surface area contributed by atoms with Crippen molar-refractivity contribution in [2.24, 2.45) is 0 Å². The largest absolute Gasteiger partial charge is 0.495 e. The van der Waals surface area contributed by atoms with Crippen LogP contribution in [-0.4, -0.2) is 19.6 Å². The molecule has 2 aromatic rings. The molecule has 0 saturated heterocycles. The Kier molecular flexibility index (Phi) is 6.43. The van der Waals surface area contributed by atoms with Crippen LogP contribution in [-0.2, 0) is 4.79 Å². The summed E-state index contributed by atoms with van der Waals surface area (Å²) >= 11 is 0. The Labute approximate surface area is 143 Å². The van der Waals surface area contributed by atoms with Gasteiger partial charge in [0.1, 0.15) is 11.5 Å². The van der Waals surface area contributed by atoms with Gasteiger partial charge in [0.25, 0.3) is 0 Å². The van der Waals surface area contributed by atoms with E-state index in [1.54, 1.807) is 13.2 Å². The van der Waals surface area contributed by atoms with Gasteiger partial charge in [0, 0.05) is 6.08 Å². The van der Waals surface area contributed by atoms with E-state index in [2.05, 4.69) is 12.2 Å². The molecule has 4 nitrogen and oxygen atoms in total. The van der Waals surface area contributed by atoms with Crippen molar-refractivity contribution in [2.75, 3.05) is 19.0 Å². The summed E-state index contributed by atoms with van der Waals surface area (Å²) in [6, 6.07) is 13.3. The van der Waals surface area contributed by atoms with Crippen molar-refractivity contribution in [3.8, 4) is 11.5 Å². The third-order valence-corrected chi connectivity index (χ3v) is 3.39. The van der Waals surface area contributed by atoms with Gasteiger partial charge in [0.05, 0.1) is 19.4 Å². The minimum absolute atomic E-state index is 0.204. The molecule has 1 N–H and O–H groups in total. The van der Waals surface area contributed by atoms with Crippen LogP contribution in [0.15, 0.2) is 48.5 Å². The van der Waals surface area contributed by atoms with Crippen molar-refractivity contribution >= 4 is 17.7 Å². The first-order chi connectivity index (χ1) is 11.6.